The van der Waals surface area contributed by atoms with Gasteiger partial charge in [0.2, 0.25) is 0 Å². The van der Waals surface area contributed by atoms with E-state index in [9.17, 15) is 45.0 Å². The van der Waals surface area contributed by atoms with Gasteiger partial charge in [0.05, 0.1) is 43.8 Å². The molecular weight excluding hydrogens is 416 g/mol. The van der Waals surface area contributed by atoms with Gasteiger partial charge >= 0.3 is 5.97 Å². The Balaban J connectivity index is 3.05. The zero-order valence-corrected chi connectivity index (χ0v) is 17.5. The Bertz CT molecular complexity index is 548. The quantitative estimate of drug-likeness (QED) is 0.247. The van der Waals surface area contributed by atoms with Gasteiger partial charge in [0.1, 0.15) is 0 Å². The minimum absolute atomic E-state index is 0.209. The highest BCUT2D eigenvalue weighted by Gasteiger charge is 2.27. The number of carboxylic acid groups (broad SMARTS) is 3. The molecule has 0 unspecified atom stereocenters. The second-order valence-corrected chi connectivity index (χ2v) is 7.50. The molecule has 0 spiro atoms. The van der Waals surface area contributed by atoms with Gasteiger partial charge < -0.3 is 40.2 Å². The van der Waals surface area contributed by atoms with E-state index in [1.54, 1.807) is 19.6 Å². The van der Waals surface area contributed by atoms with Gasteiger partial charge in [0.25, 0.3) is 0 Å². The number of aliphatic hydroxyl groups is 3. The molecule has 0 aliphatic carbocycles. The molecule has 0 saturated carbocycles. The summed E-state index contributed by atoms with van der Waals surface area (Å²) in [6.07, 6.45) is -1.24. The van der Waals surface area contributed by atoms with Crippen LogP contribution in [0.15, 0.2) is 0 Å². The molecular formula is C18H32N4O9-2. The molecule has 1 fully saturated rings. The first-order valence-electron chi connectivity index (χ1n) is 10.1. The summed E-state index contributed by atoms with van der Waals surface area (Å²) >= 11 is 0. The van der Waals surface area contributed by atoms with Gasteiger partial charge in [-0.2, -0.15) is 0 Å². The summed E-state index contributed by atoms with van der Waals surface area (Å²) in [5, 5.41) is 60.4. The number of hydrogen-bond donors (Lipinski definition) is 4. The van der Waals surface area contributed by atoms with Crippen molar-refractivity contribution < 1.29 is 45.0 Å². The van der Waals surface area contributed by atoms with E-state index in [-0.39, 0.29) is 72.0 Å². The standard InChI is InChI=1S/C18H34N4O9/c23-12-14(15(25)13-24)22-7-5-20(10-17(28)29)3-1-19(9-16(26)27)2-4-21(6-8-22)11-18(30)31/h14-15,23-25H,1-13H2,(H,26,27)(H,28,29)(H,30,31)/p-2/t14-,15-/m1/s1. The fraction of sp³-hybridized carbons (Fsp3) is 0.833. The summed E-state index contributed by atoms with van der Waals surface area (Å²) in [7, 11) is 0. The summed E-state index contributed by atoms with van der Waals surface area (Å²) in [6.45, 7) is -0.299. The van der Waals surface area contributed by atoms with E-state index in [4.69, 9.17) is 0 Å². The van der Waals surface area contributed by atoms with Crippen LogP contribution in [0.2, 0.25) is 0 Å². The Labute approximate surface area is 180 Å². The number of aliphatic carboxylic acids is 3. The molecule has 0 aromatic rings. The highest BCUT2D eigenvalue weighted by atomic mass is 16.4. The molecule has 2 atom stereocenters. The van der Waals surface area contributed by atoms with Crippen molar-refractivity contribution in [3.05, 3.63) is 0 Å². The number of hydrogen-bond acceptors (Lipinski definition) is 12. The van der Waals surface area contributed by atoms with Crippen LogP contribution in [-0.2, 0) is 14.4 Å². The third-order valence-corrected chi connectivity index (χ3v) is 5.22. The summed E-state index contributed by atoms with van der Waals surface area (Å²) in [5.74, 6) is -3.65. The van der Waals surface area contributed by atoms with Crippen LogP contribution in [0.1, 0.15) is 0 Å². The monoisotopic (exact) mass is 448 g/mol. The lowest BCUT2D eigenvalue weighted by molar-refractivity contribution is -0.308. The first-order valence-corrected chi connectivity index (χ1v) is 10.1. The van der Waals surface area contributed by atoms with E-state index in [1.165, 1.54) is 0 Å². The van der Waals surface area contributed by atoms with Crippen molar-refractivity contribution in [3.63, 3.8) is 0 Å². The zero-order valence-electron chi connectivity index (χ0n) is 17.5. The number of aliphatic hydroxyl groups excluding tert-OH is 3. The van der Waals surface area contributed by atoms with Crippen LogP contribution in [0, 0.1) is 0 Å². The fourth-order valence-corrected chi connectivity index (χ4v) is 3.52. The Kier molecular flexibility index (Phi) is 12.5. The van der Waals surface area contributed by atoms with E-state index < -0.39 is 43.3 Å². The van der Waals surface area contributed by atoms with Crippen molar-refractivity contribution in [1.29, 1.82) is 0 Å². The molecule has 1 aliphatic rings. The Morgan fingerprint density at radius 3 is 1.42 bits per heavy atom. The largest absolute Gasteiger partial charge is 0.549 e. The van der Waals surface area contributed by atoms with Crippen molar-refractivity contribution in [2.75, 3.05) is 85.2 Å². The first-order chi connectivity index (χ1) is 14.7. The average molecular weight is 448 g/mol. The molecule has 180 valence electrons. The molecule has 13 heteroatoms. The summed E-state index contributed by atoms with van der Waals surface area (Å²) in [4.78, 5) is 39.8. The van der Waals surface area contributed by atoms with Gasteiger partial charge in [-0.05, 0) is 0 Å². The topological polar surface area (TPSA) is 191 Å². The van der Waals surface area contributed by atoms with Crippen LogP contribution in [-0.4, -0.2) is 155 Å². The van der Waals surface area contributed by atoms with Crippen LogP contribution in [0.5, 0.6) is 0 Å². The van der Waals surface area contributed by atoms with Crippen LogP contribution in [0.3, 0.4) is 0 Å². The normalized spacial score (nSPS) is 21.0. The minimum atomic E-state index is -1.30. The Hall–Kier alpha value is -1.87. The molecule has 1 heterocycles. The molecule has 0 bridgehead atoms. The molecule has 0 aromatic heterocycles. The van der Waals surface area contributed by atoms with Crippen LogP contribution >= 0.6 is 0 Å². The van der Waals surface area contributed by atoms with Crippen LogP contribution in [0.25, 0.3) is 0 Å². The molecule has 1 aliphatic heterocycles. The second-order valence-electron chi connectivity index (χ2n) is 7.50. The molecule has 0 amide bonds. The lowest BCUT2D eigenvalue weighted by atomic mass is 10.1. The maximum absolute atomic E-state index is 11.2. The van der Waals surface area contributed by atoms with E-state index in [0.717, 1.165) is 0 Å². The zero-order chi connectivity index (χ0) is 23.4. The van der Waals surface area contributed by atoms with Crippen molar-refractivity contribution >= 4 is 17.9 Å². The highest BCUT2D eigenvalue weighted by Crippen LogP contribution is 2.08. The van der Waals surface area contributed by atoms with Gasteiger partial charge in [-0.3, -0.25) is 24.4 Å². The lowest BCUT2D eigenvalue weighted by Crippen LogP contribution is -2.54. The highest BCUT2D eigenvalue weighted by molar-refractivity contribution is 5.69. The molecule has 13 nitrogen and oxygen atoms in total. The maximum Gasteiger partial charge on any atom is 0.317 e. The van der Waals surface area contributed by atoms with Crippen molar-refractivity contribution in [2.45, 2.75) is 12.1 Å². The third-order valence-electron chi connectivity index (χ3n) is 5.22. The predicted molar refractivity (Wildman–Crippen MR) is 103 cm³/mol. The van der Waals surface area contributed by atoms with Gasteiger partial charge in [-0.15, -0.1) is 0 Å². The molecule has 0 aromatic carbocycles. The van der Waals surface area contributed by atoms with Crippen molar-refractivity contribution in [2.24, 2.45) is 0 Å². The third kappa shape index (κ3) is 10.8. The van der Waals surface area contributed by atoms with E-state index in [0.29, 0.717) is 0 Å². The Morgan fingerprint density at radius 2 is 1.10 bits per heavy atom. The molecule has 1 saturated heterocycles. The SMILES string of the molecule is O=C([O-])CN1CCN(CC(=O)[O-])CCN([C@H](CO)[C@H](O)CO)CCN(CC(=O)O)CC1. The molecule has 31 heavy (non-hydrogen) atoms. The van der Waals surface area contributed by atoms with Gasteiger partial charge in [0, 0.05) is 65.4 Å². The number of carbonyl (C=O) groups excluding carboxylic acids is 2. The lowest BCUT2D eigenvalue weighted by Gasteiger charge is -2.38. The molecule has 0 radical (unpaired) electrons. The van der Waals surface area contributed by atoms with Crippen molar-refractivity contribution in [1.82, 2.24) is 19.6 Å². The minimum Gasteiger partial charge on any atom is -0.549 e. The van der Waals surface area contributed by atoms with Crippen LogP contribution in [0.4, 0.5) is 0 Å². The molecule has 1 rings (SSSR count). The average Bonchev–Trinajstić information content (AvgIpc) is 2.68. The summed E-state index contributed by atoms with van der Waals surface area (Å²) in [6, 6.07) is -0.820. The van der Waals surface area contributed by atoms with Gasteiger partial charge in [0.15, 0.2) is 0 Å². The van der Waals surface area contributed by atoms with E-state index in [1.807, 2.05) is 0 Å². The second kappa shape index (κ2) is 14.2. The number of carbonyl (C=O) groups is 3. The van der Waals surface area contributed by atoms with Gasteiger partial charge in [-0.25, -0.2) is 0 Å². The van der Waals surface area contributed by atoms with Gasteiger partial charge in [-0.1, -0.05) is 0 Å². The van der Waals surface area contributed by atoms with Crippen molar-refractivity contribution in [3.8, 4) is 0 Å². The number of nitrogens with zero attached hydrogens (tertiary/aromatic N) is 4. The fourth-order valence-electron chi connectivity index (χ4n) is 3.52. The first kappa shape index (κ1) is 27.2. The molecule has 4 N–H and O–H groups in total. The van der Waals surface area contributed by atoms with E-state index >= 15 is 0 Å². The van der Waals surface area contributed by atoms with E-state index in [2.05, 4.69) is 0 Å². The Morgan fingerprint density at radius 1 is 0.710 bits per heavy atom. The summed E-state index contributed by atoms with van der Waals surface area (Å²) < 4.78 is 0. The maximum atomic E-state index is 11.2. The predicted octanol–water partition coefficient (Wildman–Crippen LogP) is -6.49. The van der Waals surface area contributed by atoms with Crippen LogP contribution < -0.4 is 10.2 Å². The number of carboxylic acids is 3. The smallest absolute Gasteiger partial charge is 0.317 e. The number of rotatable bonds is 10. The summed E-state index contributed by atoms with van der Waals surface area (Å²) in [5.41, 5.74) is 0.